The molecule has 5 heteroatoms. The minimum Gasteiger partial charge on any atom is -0.481 e. The lowest BCUT2D eigenvalue weighted by Crippen LogP contribution is -2.61. The third kappa shape index (κ3) is 4.46. The quantitative estimate of drug-likeness (QED) is 0.384. The molecule has 0 aromatic carbocycles. The molecule has 0 spiro atoms. The van der Waals surface area contributed by atoms with E-state index in [9.17, 15) is 14.7 Å². The third-order valence-corrected chi connectivity index (χ3v) is 12.2. The zero-order valence-corrected chi connectivity index (χ0v) is 23.9. The topological polar surface area (TPSA) is 63.6 Å². The van der Waals surface area contributed by atoms with Crippen LogP contribution >= 0.6 is 0 Å². The van der Waals surface area contributed by atoms with Crippen molar-refractivity contribution in [3.8, 4) is 0 Å². The van der Waals surface area contributed by atoms with Crippen molar-refractivity contribution in [2.45, 2.75) is 118 Å². The van der Waals surface area contributed by atoms with E-state index in [1.165, 1.54) is 25.7 Å². The van der Waals surface area contributed by atoms with E-state index in [1.807, 2.05) is 0 Å². The summed E-state index contributed by atoms with van der Waals surface area (Å²) in [5.41, 5.74) is 0.446. The molecule has 4 aliphatic rings. The van der Waals surface area contributed by atoms with Crippen LogP contribution in [0, 0.1) is 52.3 Å². The molecule has 0 amide bonds. The van der Waals surface area contributed by atoms with E-state index >= 15 is 0 Å². The Morgan fingerprint density at radius 3 is 2.32 bits per heavy atom. The van der Waals surface area contributed by atoms with Crippen LogP contribution in [-0.2, 0) is 14.0 Å². The Balaban J connectivity index is 1.59. The molecule has 1 N–H and O–H groups in total. The number of fused-ring (bicyclic) bond motifs is 5. The molecule has 4 rings (SSSR count). The van der Waals surface area contributed by atoms with Gasteiger partial charge in [0.25, 0.3) is 0 Å². The Morgan fingerprint density at radius 2 is 1.71 bits per heavy atom. The molecule has 4 aliphatic carbocycles. The van der Waals surface area contributed by atoms with Crippen molar-refractivity contribution >= 4 is 20.1 Å². The van der Waals surface area contributed by atoms with Crippen LogP contribution in [0.2, 0.25) is 19.6 Å². The summed E-state index contributed by atoms with van der Waals surface area (Å²) in [6.45, 7) is 16.4. The number of carbonyl (C=O) groups excluding carboxylic acids is 1. The van der Waals surface area contributed by atoms with Crippen molar-refractivity contribution in [3.63, 3.8) is 0 Å². The summed E-state index contributed by atoms with van der Waals surface area (Å²) in [5.74, 6) is 2.75. The van der Waals surface area contributed by atoms with Gasteiger partial charge in [0.15, 0.2) is 8.32 Å². The normalized spacial score (nSPS) is 45.3. The molecule has 0 bridgehead atoms. The Morgan fingerprint density at radius 1 is 1.06 bits per heavy atom. The molecule has 194 valence electrons. The van der Waals surface area contributed by atoms with Gasteiger partial charge in [-0.3, -0.25) is 9.59 Å². The van der Waals surface area contributed by atoms with Gasteiger partial charge in [-0.25, -0.2) is 0 Å². The first-order chi connectivity index (χ1) is 15.8. The number of hydrogen-bond acceptors (Lipinski definition) is 3. The summed E-state index contributed by atoms with van der Waals surface area (Å²) in [4.78, 5) is 25.4. The van der Waals surface area contributed by atoms with E-state index in [0.29, 0.717) is 41.5 Å². The number of Topliss-reactive ketones (excluding diaryl/α,β-unsaturated/α-hetero) is 1. The van der Waals surface area contributed by atoms with Crippen molar-refractivity contribution in [3.05, 3.63) is 0 Å². The number of carboxylic acid groups (broad SMARTS) is 1. The van der Waals surface area contributed by atoms with Gasteiger partial charge >= 0.3 is 5.97 Å². The molecule has 4 saturated carbocycles. The molecule has 0 aromatic heterocycles. The van der Waals surface area contributed by atoms with Gasteiger partial charge in [-0.15, -0.1) is 0 Å². The summed E-state index contributed by atoms with van der Waals surface area (Å²) in [6.07, 6.45) is 10.5. The van der Waals surface area contributed by atoms with Crippen molar-refractivity contribution in [1.29, 1.82) is 0 Å². The fourth-order valence-electron chi connectivity index (χ4n) is 9.75. The third-order valence-electron chi connectivity index (χ3n) is 11.2. The minimum absolute atomic E-state index is 0.185. The average Bonchev–Trinajstić information content (AvgIpc) is 3.09. The summed E-state index contributed by atoms with van der Waals surface area (Å²) in [6, 6.07) is 0. The average molecular weight is 491 g/mol. The second-order valence-corrected chi connectivity index (χ2v) is 18.5. The Labute approximate surface area is 209 Å². The highest BCUT2D eigenvalue weighted by Gasteiger charge is 2.65. The highest BCUT2D eigenvalue weighted by Crippen LogP contribution is 2.68. The van der Waals surface area contributed by atoms with Crippen molar-refractivity contribution in [2.24, 2.45) is 52.3 Å². The molecule has 1 unspecified atom stereocenters. The minimum atomic E-state index is -1.59. The van der Waals surface area contributed by atoms with Gasteiger partial charge < -0.3 is 9.53 Å². The molecule has 0 aliphatic heterocycles. The number of carbonyl (C=O) groups is 2. The van der Waals surface area contributed by atoms with E-state index in [2.05, 4.69) is 47.3 Å². The van der Waals surface area contributed by atoms with Gasteiger partial charge in [0.1, 0.15) is 5.78 Å². The molecule has 0 heterocycles. The van der Waals surface area contributed by atoms with E-state index in [4.69, 9.17) is 4.43 Å². The van der Waals surface area contributed by atoms with Crippen LogP contribution < -0.4 is 0 Å². The Bertz CT molecular complexity index is 789. The van der Waals surface area contributed by atoms with E-state index in [-0.39, 0.29) is 29.1 Å². The molecule has 0 saturated heterocycles. The van der Waals surface area contributed by atoms with Crippen molar-refractivity contribution < 1.29 is 19.1 Å². The first kappa shape index (κ1) is 26.4. The van der Waals surface area contributed by atoms with E-state index in [0.717, 1.165) is 32.1 Å². The number of ketones is 1. The van der Waals surface area contributed by atoms with Gasteiger partial charge in [0.05, 0.1) is 0 Å². The van der Waals surface area contributed by atoms with Gasteiger partial charge in [-0.2, -0.15) is 0 Å². The lowest BCUT2D eigenvalue weighted by molar-refractivity contribution is -0.172. The molecule has 0 radical (unpaired) electrons. The fraction of sp³-hybridized carbons (Fsp3) is 0.931. The maximum Gasteiger partial charge on any atom is 0.303 e. The monoisotopic (exact) mass is 490 g/mol. The first-order valence-corrected chi connectivity index (χ1v) is 17.7. The predicted molar refractivity (Wildman–Crippen MR) is 139 cm³/mol. The summed E-state index contributed by atoms with van der Waals surface area (Å²) in [7, 11) is -1.59. The summed E-state index contributed by atoms with van der Waals surface area (Å²) in [5, 5.41) is 9.22. The van der Waals surface area contributed by atoms with Crippen molar-refractivity contribution in [2.75, 3.05) is 0 Å². The standard InChI is InChI=1S/C29H50O4Si/c1-8-20-24-17-19(33-34(5,6)7)13-15-29(24,4)23-14-16-28(3)21(18(2)9-12-25(30)31)10-11-22(28)26(23)27(20)32/h18-24,26H,8-17H2,1-7H3,(H,30,31)/t18-,19-,20?,21-,22+,23+,24+,26+,28-,29-/m1/s1. The molecular weight excluding hydrogens is 440 g/mol. The fourth-order valence-corrected chi connectivity index (χ4v) is 11.0. The zero-order valence-electron chi connectivity index (χ0n) is 22.9. The van der Waals surface area contributed by atoms with Crippen LogP contribution in [0.25, 0.3) is 0 Å². The van der Waals surface area contributed by atoms with Gasteiger partial charge in [0.2, 0.25) is 0 Å². The smallest absolute Gasteiger partial charge is 0.303 e. The van der Waals surface area contributed by atoms with Crippen LogP contribution in [0.15, 0.2) is 0 Å². The number of rotatable bonds is 7. The molecular formula is C29H50O4Si. The summed E-state index contributed by atoms with van der Waals surface area (Å²) >= 11 is 0. The van der Waals surface area contributed by atoms with E-state index in [1.54, 1.807) is 0 Å². The second-order valence-electron chi connectivity index (χ2n) is 14.0. The maximum absolute atomic E-state index is 14.2. The van der Waals surface area contributed by atoms with Crippen molar-refractivity contribution in [1.82, 2.24) is 0 Å². The largest absolute Gasteiger partial charge is 0.481 e. The first-order valence-electron chi connectivity index (χ1n) is 14.2. The molecule has 4 fully saturated rings. The lowest BCUT2D eigenvalue weighted by Gasteiger charge is -2.62. The zero-order chi connectivity index (χ0) is 25.1. The summed E-state index contributed by atoms with van der Waals surface area (Å²) < 4.78 is 6.59. The van der Waals surface area contributed by atoms with Gasteiger partial charge in [0, 0.05) is 24.4 Å². The predicted octanol–water partition coefficient (Wildman–Crippen LogP) is 7.18. The van der Waals surface area contributed by atoms with Crippen LogP contribution in [0.4, 0.5) is 0 Å². The Kier molecular flexibility index (Phi) is 7.23. The van der Waals surface area contributed by atoms with Gasteiger partial charge in [-0.05, 0) is 118 Å². The lowest BCUT2D eigenvalue weighted by atomic mass is 9.42. The maximum atomic E-state index is 14.2. The second kappa shape index (κ2) is 9.32. The number of aliphatic carboxylic acids is 1. The molecule has 0 aromatic rings. The van der Waals surface area contributed by atoms with Crippen LogP contribution in [0.5, 0.6) is 0 Å². The highest BCUT2D eigenvalue weighted by molar-refractivity contribution is 6.69. The van der Waals surface area contributed by atoms with Crippen LogP contribution in [0.3, 0.4) is 0 Å². The molecule has 34 heavy (non-hydrogen) atoms. The SMILES string of the molecule is CCC1C(=O)[C@@H]2[C@H](CC[C@]3(C)[C@@H]([C@H](C)CCC(=O)O)CC[C@@H]23)[C@@]2(C)CC[C@@H](O[Si](C)(C)C)C[C@@H]12. The number of carboxylic acids is 1. The molecule has 4 nitrogen and oxygen atoms in total. The Hall–Kier alpha value is -0.683. The van der Waals surface area contributed by atoms with Gasteiger partial charge in [-0.1, -0.05) is 27.7 Å². The van der Waals surface area contributed by atoms with Crippen LogP contribution in [0.1, 0.15) is 91.9 Å². The van der Waals surface area contributed by atoms with E-state index < -0.39 is 14.3 Å². The number of hydrogen-bond donors (Lipinski definition) is 1. The molecule has 10 atom stereocenters. The highest BCUT2D eigenvalue weighted by atomic mass is 28.4. The van der Waals surface area contributed by atoms with Crippen LogP contribution in [-0.4, -0.2) is 31.3 Å².